The van der Waals surface area contributed by atoms with E-state index < -0.39 is 11.8 Å². The van der Waals surface area contributed by atoms with Crippen LogP contribution in [0.5, 0.6) is 0 Å². The Bertz CT molecular complexity index is 1340. The molecule has 0 saturated carbocycles. The number of hydrogen-bond acceptors (Lipinski definition) is 5. The summed E-state index contributed by atoms with van der Waals surface area (Å²) < 4.78 is 3.13. The number of nitrogens with zero attached hydrogens (tertiary/aromatic N) is 3. The topological polar surface area (TPSA) is 86.0 Å². The lowest BCUT2D eigenvalue weighted by atomic mass is 10.2. The lowest BCUT2D eigenvalue weighted by Gasteiger charge is -2.13. The molecule has 0 fully saturated rings. The quantitative estimate of drug-likeness (QED) is 0.387. The van der Waals surface area contributed by atoms with E-state index in [0.717, 1.165) is 17.3 Å². The summed E-state index contributed by atoms with van der Waals surface area (Å²) in [5.41, 5.74) is 2.46. The normalized spacial score (nSPS) is 10.9. The molecular formula is C23H20N4O3S. The van der Waals surface area contributed by atoms with Crippen LogP contribution in [-0.2, 0) is 11.8 Å². The molecule has 4 aromatic rings. The second-order valence-electron chi connectivity index (χ2n) is 7.06. The van der Waals surface area contributed by atoms with Crippen molar-refractivity contribution in [2.45, 2.75) is 12.1 Å². The number of aryl methyl sites for hydroxylation is 2. The average molecular weight is 433 g/mol. The number of hydrogen-bond donors (Lipinski definition) is 1. The number of para-hydroxylation sites is 1. The van der Waals surface area contributed by atoms with Crippen LogP contribution in [-0.4, -0.2) is 31.7 Å². The summed E-state index contributed by atoms with van der Waals surface area (Å²) in [6, 6.07) is 18.0. The molecule has 0 spiro atoms. The number of nitrogens with one attached hydrogen (secondary N) is 1. The predicted octanol–water partition coefficient (Wildman–Crippen LogP) is 3.08. The van der Waals surface area contributed by atoms with Gasteiger partial charge in [0.25, 0.3) is 11.5 Å². The Morgan fingerprint density at radius 1 is 1.03 bits per heavy atom. The van der Waals surface area contributed by atoms with Crippen LogP contribution in [0, 0.1) is 6.92 Å². The van der Waals surface area contributed by atoms with Gasteiger partial charge in [-0.1, -0.05) is 41.6 Å². The SMILES string of the molecule is Cc1ccc(-n2c(SCC(=O)NC(=O)c3cccn3C)nc3ccccc3c2=O)cc1. The molecule has 0 aliphatic carbocycles. The highest BCUT2D eigenvalue weighted by atomic mass is 32.2. The number of carbonyl (C=O) groups excluding carboxylic acids is 2. The lowest BCUT2D eigenvalue weighted by molar-refractivity contribution is -0.117. The van der Waals surface area contributed by atoms with Gasteiger partial charge in [-0.15, -0.1) is 0 Å². The van der Waals surface area contributed by atoms with Crippen LogP contribution < -0.4 is 10.9 Å². The first-order chi connectivity index (χ1) is 14.9. The molecule has 31 heavy (non-hydrogen) atoms. The van der Waals surface area contributed by atoms with Gasteiger partial charge in [0.1, 0.15) is 5.69 Å². The molecule has 0 aliphatic heterocycles. The zero-order chi connectivity index (χ0) is 22.0. The van der Waals surface area contributed by atoms with Crippen LogP contribution in [0.1, 0.15) is 16.1 Å². The Balaban J connectivity index is 1.63. The molecule has 7 nitrogen and oxygen atoms in total. The number of fused-ring (bicyclic) bond motifs is 1. The van der Waals surface area contributed by atoms with E-state index >= 15 is 0 Å². The Morgan fingerprint density at radius 3 is 2.48 bits per heavy atom. The first-order valence-electron chi connectivity index (χ1n) is 9.61. The van der Waals surface area contributed by atoms with Gasteiger partial charge in [0.05, 0.1) is 22.3 Å². The van der Waals surface area contributed by atoms with Gasteiger partial charge in [-0.2, -0.15) is 0 Å². The Labute approximate surface area is 182 Å². The number of carbonyl (C=O) groups is 2. The third-order valence-electron chi connectivity index (χ3n) is 4.80. The molecule has 156 valence electrons. The Kier molecular flexibility index (Phi) is 5.73. The lowest BCUT2D eigenvalue weighted by Crippen LogP contribution is -2.33. The van der Waals surface area contributed by atoms with Crippen LogP contribution >= 0.6 is 11.8 Å². The van der Waals surface area contributed by atoms with Crippen LogP contribution in [0.4, 0.5) is 0 Å². The van der Waals surface area contributed by atoms with Gasteiger partial charge in [-0.3, -0.25) is 24.3 Å². The minimum atomic E-state index is -0.472. The standard InChI is InChI=1S/C23H20N4O3S/c1-15-9-11-16(12-10-15)27-22(30)17-6-3-4-7-18(17)24-23(27)31-14-20(28)25-21(29)19-8-5-13-26(19)2/h3-13H,14H2,1-2H3,(H,25,28,29). The molecule has 8 heteroatoms. The summed E-state index contributed by atoms with van der Waals surface area (Å²) in [4.78, 5) is 42.5. The van der Waals surface area contributed by atoms with Crippen LogP contribution in [0.2, 0.25) is 0 Å². The molecule has 0 radical (unpaired) electrons. The van der Waals surface area contributed by atoms with Crippen molar-refractivity contribution in [1.29, 1.82) is 0 Å². The van der Waals surface area contributed by atoms with Crippen molar-refractivity contribution in [3.63, 3.8) is 0 Å². The van der Waals surface area contributed by atoms with Crippen LogP contribution in [0.3, 0.4) is 0 Å². The van der Waals surface area contributed by atoms with Crippen molar-refractivity contribution < 1.29 is 9.59 Å². The predicted molar refractivity (Wildman–Crippen MR) is 121 cm³/mol. The van der Waals surface area contributed by atoms with Crippen LogP contribution in [0.25, 0.3) is 16.6 Å². The van der Waals surface area contributed by atoms with E-state index in [0.29, 0.717) is 27.4 Å². The molecule has 2 aromatic heterocycles. The summed E-state index contributed by atoms with van der Waals surface area (Å²) in [6.07, 6.45) is 1.73. The van der Waals surface area contributed by atoms with E-state index in [-0.39, 0.29) is 11.3 Å². The van der Waals surface area contributed by atoms with Crippen LogP contribution in [0.15, 0.2) is 76.8 Å². The number of rotatable bonds is 5. The minimum absolute atomic E-state index is 0.0627. The van der Waals surface area contributed by atoms with E-state index in [1.807, 2.05) is 37.3 Å². The Morgan fingerprint density at radius 2 is 1.77 bits per heavy atom. The molecule has 1 N–H and O–H groups in total. The zero-order valence-corrected chi connectivity index (χ0v) is 17.8. The summed E-state index contributed by atoms with van der Waals surface area (Å²) in [6.45, 7) is 1.97. The molecule has 0 unspecified atom stereocenters. The van der Waals surface area contributed by atoms with Crippen molar-refractivity contribution in [1.82, 2.24) is 19.4 Å². The van der Waals surface area contributed by atoms with Gasteiger partial charge in [-0.25, -0.2) is 4.98 Å². The number of thioether (sulfide) groups is 1. The second kappa shape index (κ2) is 8.61. The summed E-state index contributed by atoms with van der Waals surface area (Å²) in [7, 11) is 1.73. The first kappa shape index (κ1) is 20.6. The molecule has 2 aromatic carbocycles. The maximum Gasteiger partial charge on any atom is 0.274 e. The molecule has 4 rings (SSSR count). The number of benzene rings is 2. The van der Waals surface area contributed by atoms with E-state index in [1.165, 1.54) is 4.57 Å². The maximum atomic E-state index is 13.2. The van der Waals surface area contributed by atoms with Crippen molar-refractivity contribution in [3.05, 3.63) is 88.5 Å². The molecule has 0 bridgehead atoms. The molecular weight excluding hydrogens is 412 g/mol. The maximum absolute atomic E-state index is 13.2. The fourth-order valence-electron chi connectivity index (χ4n) is 3.18. The molecule has 2 heterocycles. The first-order valence-corrected chi connectivity index (χ1v) is 10.6. The summed E-state index contributed by atoms with van der Waals surface area (Å²) >= 11 is 1.11. The molecule has 0 saturated heterocycles. The van der Waals surface area contributed by atoms with Crippen molar-refractivity contribution in [2.24, 2.45) is 7.05 Å². The summed E-state index contributed by atoms with van der Waals surface area (Å²) in [5.74, 6) is -0.998. The van der Waals surface area contributed by atoms with Crippen molar-refractivity contribution in [3.8, 4) is 5.69 Å². The molecule has 2 amide bonds. The highest BCUT2D eigenvalue weighted by molar-refractivity contribution is 7.99. The molecule has 0 aliphatic rings. The third kappa shape index (κ3) is 4.29. The monoisotopic (exact) mass is 432 g/mol. The average Bonchev–Trinajstić information content (AvgIpc) is 3.19. The zero-order valence-electron chi connectivity index (χ0n) is 17.0. The summed E-state index contributed by atoms with van der Waals surface area (Å²) in [5, 5.41) is 3.26. The Hall–Kier alpha value is -3.65. The van der Waals surface area contributed by atoms with E-state index in [4.69, 9.17) is 0 Å². The van der Waals surface area contributed by atoms with Gasteiger partial charge >= 0.3 is 0 Å². The fourth-order valence-corrected chi connectivity index (χ4v) is 4.00. The second-order valence-corrected chi connectivity index (χ2v) is 8.00. The largest absolute Gasteiger partial charge is 0.347 e. The number of aromatic nitrogens is 3. The van der Waals surface area contributed by atoms with E-state index in [1.54, 1.807) is 48.1 Å². The molecule has 0 atom stereocenters. The van der Waals surface area contributed by atoms with Gasteiger partial charge in [-0.05, 0) is 43.3 Å². The van der Waals surface area contributed by atoms with Gasteiger partial charge in [0, 0.05) is 13.2 Å². The van der Waals surface area contributed by atoms with Gasteiger partial charge in [0.15, 0.2) is 5.16 Å². The minimum Gasteiger partial charge on any atom is -0.347 e. The van der Waals surface area contributed by atoms with Gasteiger partial charge in [0.2, 0.25) is 5.91 Å². The fraction of sp³-hybridized carbons (Fsp3) is 0.130. The smallest absolute Gasteiger partial charge is 0.274 e. The highest BCUT2D eigenvalue weighted by Gasteiger charge is 2.17. The highest BCUT2D eigenvalue weighted by Crippen LogP contribution is 2.21. The van der Waals surface area contributed by atoms with Crippen molar-refractivity contribution >= 4 is 34.5 Å². The van der Waals surface area contributed by atoms with E-state index in [2.05, 4.69) is 10.3 Å². The number of amides is 2. The van der Waals surface area contributed by atoms with Crippen molar-refractivity contribution in [2.75, 3.05) is 5.75 Å². The van der Waals surface area contributed by atoms with Gasteiger partial charge < -0.3 is 4.57 Å². The third-order valence-corrected chi connectivity index (χ3v) is 5.74. The number of imide groups is 1. The van der Waals surface area contributed by atoms with E-state index in [9.17, 15) is 14.4 Å².